The molecular weight excluding hydrogens is 428 g/mol. The van der Waals surface area contributed by atoms with Crippen LogP contribution in [0.2, 0.25) is 0 Å². The quantitative estimate of drug-likeness (QED) is 0.717. The van der Waals surface area contributed by atoms with E-state index in [0.29, 0.717) is 0 Å². The predicted molar refractivity (Wildman–Crippen MR) is 98.6 cm³/mol. The number of sulfonamides is 1. The first-order valence-electron chi connectivity index (χ1n) is 8.91. The Morgan fingerprint density at radius 1 is 1.10 bits per heavy atom. The highest BCUT2D eigenvalue weighted by atomic mass is 32.2. The maximum atomic E-state index is 14.2. The summed E-state index contributed by atoms with van der Waals surface area (Å²) < 4.78 is 84.1. The van der Waals surface area contributed by atoms with Crippen LogP contribution in [0.25, 0.3) is 0 Å². The van der Waals surface area contributed by atoms with Crippen molar-refractivity contribution in [2.75, 3.05) is 26.3 Å². The molecule has 1 amide bonds. The van der Waals surface area contributed by atoms with Crippen LogP contribution >= 0.6 is 0 Å². The topological polar surface area (TPSA) is 75.7 Å². The van der Waals surface area contributed by atoms with Gasteiger partial charge in [0.05, 0.1) is 18.8 Å². The van der Waals surface area contributed by atoms with Crippen molar-refractivity contribution in [3.8, 4) is 0 Å². The van der Waals surface area contributed by atoms with Crippen LogP contribution in [0.4, 0.5) is 17.6 Å². The van der Waals surface area contributed by atoms with Gasteiger partial charge in [-0.2, -0.15) is 17.5 Å². The summed E-state index contributed by atoms with van der Waals surface area (Å²) >= 11 is 0. The third-order valence-electron chi connectivity index (χ3n) is 4.49. The van der Waals surface area contributed by atoms with E-state index in [0.717, 1.165) is 34.6 Å². The highest BCUT2D eigenvalue weighted by molar-refractivity contribution is 7.89. The molecule has 1 saturated heterocycles. The Kier molecular flexibility index (Phi) is 6.44. The van der Waals surface area contributed by atoms with Crippen LogP contribution < -0.4 is 5.32 Å². The number of amides is 1. The number of alkyl halides is 3. The van der Waals surface area contributed by atoms with Gasteiger partial charge < -0.3 is 10.1 Å². The highest BCUT2D eigenvalue weighted by Gasteiger charge is 2.31. The smallest absolute Gasteiger partial charge is 0.379 e. The monoisotopic (exact) mass is 446 g/mol. The standard InChI is InChI=1S/C19H18F4N2O4S/c20-16-5-4-14(11-17(16)30(27,28)25-6-8-29-9-7-25)18(26)24-12-13-2-1-3-15(10-13)19(21,22)23/h1-5,10-11H,6-9,12H2,(H,24,26). The van der Waals surface area contributed by atoms with Gasteiger partial charge in [-0.05, 0) is 35.9 Å². The van der Waals surface area contributed by atoms with Gasteiger partial charge in [0, 0.05) is 25.2 Å². The van der Waals surface area contributed by atoms with Crippen LogP contribution in [0.1, 0.15) is 21.5 Å². The molecule has 2 aromatic carbocycles. The molecule has 0 bridgehead atoms. The fraction of sp³-hybridized carbons (Fsp3) is 0.316. The minimum atomic E-state index is -4.51. The fourth-order valence-electron chi connectivity index (χ4n) is 2.91. The van der Waals surface area contributed by atoms with E-state index in [1.807, 2.05) is 0 Å². The first-order chi connectivity index (χ1) is 14.1. The average molecular weight is 446 g/mol. The Morgan fingerprint density at radius 2 is 1.80 bits per heavy atom. The molecule has 1 N–H and O–H groups in total. The zero-order chi connectivity index (χ0) is 21.9. The van der Waals surface area contributed by atoms with Crippen LogP contribution in [0.15, 0.2) is 47.4 Å². The van der Waals surface area contributed by atoms with Crippen LogP contribution in [0, 0.1) is 5.82 Å². The number of carbonyl (C=O) groups is 1. The lowest BCUT2D eigenvalue weighted by molar-refractivity contribution is -0.137. The third-order valence-corrected chi connectivity index (χ3v) is 6.40. The van der Waals surface area contributed by atoms with Gasteiger partial charge in [-0.25, -0.2) is 12.8 Å². The van der Waals surface area contributed by atoms with Gasteiger partial charge in [0.1, 0.15) is 10.7 Å². The number of morpholine rings is 1. The first kappa shape index (κ1) is 22.2. The summed E-state index contributed by atoms with van der Waals surface area (Å²) in [6.45, 7) is 0.267. The van der Waals surface area contributed by atoms with E-state index in [1.165, 1.54) is 12.1 Å². The SMILES string of the molecule is O=C(NCc1cccc(C(F)(F)F)c1)c1ccc(F)c(S(=O)(=O)N2CCOCC2)c1. The summed E-state index contributed by atoms with van der Waals surface area (Å²) in [4.78, 5) is 11.7. The Morgan fingerprint density at radius 3 is 2.47 bits per heavy atom. The molecule has 3 rings (SSSR count). The second-order valence-corrected chi connectivity index (χ2v) is 8.45. The molecule has 0 spiro atoms. The molecule has 30 heavy (non-hydrogen) atoms. The lowest BCUT2D eigenvalue weighted by atomic mass is 10.1. The molecular formula is C19H18F4N2O4S. The molecule has 1 aliphatic rings. The zero-order valence-electron chi connectivity index (χ0n) is 15.6. The Labute approximate surface area is 170 Å². The van der Waals surface area contributed by atoms with Crippen molar-refractivity contribution < 1.29 is 35.5 Å². The largest absolute Gasteiger partial charge is 0.416 e. The molecule has 2 aromatic rings. The minimum Gasteiger partial charge on any atom is -0.379 e. The van der Waals surface area contributed by atoms with Gasteiger partial charge in [-0.1, -0.05) is 12.1 Å². The number of hydrogen-bond donors (Lipinski definition) is 1. The summed E-state index contributed by atoms with van der Waals surface area (Å²) in [5.74, 6) is -1.75. The van der Waals surface area contributed by atoms with Crippen molar-refractivity contribution in [3.63, 3.8) is 0 Å². The maximum Gasteiger partial charge on any atom is 0.416 e. The Bertz CT molecular complexity index is 1040. The van der Waals surface area contributed by atoms with Gasteiger partial charge in [0.2, 0.25) is 10.0 Å². The molecule has 1 heterocycles. The molecule has 0 unspecified atom stereocenters. The van der Waals surface area contributed by atoms with Gasteiger partial charge >= 0.3 is 6.18 Å². The van der Waals surface area contributed by atoms with Crippen molar-refractivity contribution in [1.82, 2.24) is 9.62 Å². The number of nitrogens with zero attached hydrogens (tertiary/aromatic N) is 1. The summed E-state index contributed by atoms with van der Waals surface area (Å²) in [5.41, 5.74) is -0.772. The van der Waals surface area contributed by atoms with E-state index in [2.05, 4.69) is 5.32 Å². The normalized spacial score (nSPS) is 15.7. The maximum absolute atomic E-state index is 14.2. The number of benzene rings is 2. The number of ether oxygens (including phenoxy) is 1. The lowest BCUT2D eigenvalue weighted by Gasteiger charge is -2.26. The molecule has 1 fully saturated rings. The van der Waals surface area contributed by atoms with E-state index in [-0.39, 0.29) is 44.0 Å². The van der Waals surface area contributed by atoms with Crippen LogP contribution in [0.3, 0.4) is 0 Å². The van der Waals surface area contributed by atoms with Gasteiger partial charge in [-0.15, -0.1) is 0 Å². The van der Waals surface area contributed by atoms with Crippen LogP contribution in [-0.4, -0.2) is 44.9 Å². The summed E-state index contributed by atoms with van der Waals surface area (Å²) in [5, 5.41) is 2.41. The van der Waals surface area contributed by atoms with Gasteiger partial charge in [0.25, 0.3) is 5.91 Å². The van der Waals surface area contributed by atoms with Gasteiger partial charge in [0.15, 0.2) is 0 Å². The Balaban J connectivity index is 1.77. The van der Waals surface area contributed by atoms with E-state index in [4.69, 9.17) is 4.74 Å². The number of hydrogen-bond acceptors (Lipinski definition) is 4. The second-order valence-electron chi connectivity index (χ2n) is 6.54. The van der Waals surface area contributed by atoms with Crippen molar-refractivity contribution in [1.29, 1.82) is 0 Å². The van der Waals surface area contributed by atoms with E-state index >= 15 is 0 Å². The van der Waals surface area contributed by atoms with E-state index in [9.17, 15) is 30.8 Å². The van der Waals surface area contributed by atoms with Crippen molar-refractivity contribution in [2.45, 2.75) is 17.6 Å². The van der Waals surface area contributed by atoms with E-state index in [1.54, 1.807) is 0 Å². The van der Waals surface area contributed by atoms with Crippen LogP contribution in [-0.2, 0) is 27.5 Å². The van der Waals surface area contributed by atoms with E-state index < -0.39 is 38.4 Å². The number of nitrogens with one attached hydrogen (secondary N) is 1. The minimum absolute atomic E-state index is 0.0632. The second kappa shape index (κ2) is 8.70. The van der Waals surface area contributed by atoms with Gasteiger partial charge in [-0.3, -0.25) is 4.79 Å². The number of halogens is 4. The lowest BCUT2D eigenvalue weighted by Crippen LogP contribution is -2.41. The summed E-state index contributed by atoms with van der Waals surface area (Å²) in [6, 6.07) is 7.33. The average Bonchev–Trinajstić information content (AvgIpc) is 2.72. The molecule has 1 aliphatic heterocycles. The van der Waals surface area contributed by atoms with Crippen molar-refractivity contribution >= 4 is 15.9 Å². The molecule has 11 heteroatoms. The Hall–Kier alpha value is -2.50. The summed E-state index contributed by atoms with van der Waals surface area (Å²) in [6.07, 6.45) is -4.51. The molecule has 162 valence electrons. The predicted octanol–water partition coefficient (Wildman–Crippen LogP) is 2.80. The molecule has 0 saturated carbocycles. The van der Waals surface area contributed by atoms with Crippen molar-refractivity contribution in [3.05, 3.63) is 65.0 Å². The molecule has 6 nitrogen and oxygen atoms in total. The first-order valence-corrected chi connectivity index (χ1v) is 10.3. The molecule has 0 aromatic heterocycles. The summed E-state index contributed by atoms with van der Waals surface area (Å²) in [7, 11) is -4.16. The fourth-order valence-corrected chi connectivity index (χ4v) is 4.41. The third kappa shape index (κ3) is 4.97. The molecule has 0 atom stereocenters. The van der Waals surface area contributed by atoms with Crippen molar-refractivity contribution in [2.24, 2.45) is 0 Å². The molecule has 0 aliphatic carbocycles. The molecule has 0 radical (unpaired) electrons. The highest BCUT2D eigenvalue weighted by Crippen LogP contribution is 2.29. The number of rotatable bonds is 5. The van der Waals surface area contributed by atoms with Crippen LogP contribution in [0.5, 0.6) is 0 Å². The number of carbonyl (C=O) groups excluding carboxylic acids is 1. The zero-order valence-corrected chi connectivity index (χ0v) is 16.4.